The molecule has 13 heteroatoms. The molecular formula is C31H36F6N6O. The number of halogens is 6. The minimum Gasteiger partial charge on any atom is -0.371 e. The van der Waals surface area contributed by atoms with E-state index < -0.39 is 29.5 Å². The van der Waals surface area contributed by atoms with Crippen LogP contribution < -0.4 is 9.80 Å². The number of hydrogen-bond donors (Lipinski definition) is 0. The average Bonchev–Trinajstić information content (AvgIpc) is 3.30. The Balaban J connectivity index is 1.57. The topological polar surface area (TPSA) is 67.2 Å². The number of carbonyl (C=O) groups is 1. The molecule has 0 N–H and O–H groups in total. The van der Waals surface area contributed by atoms with Crippen molar-refractivity contribution in [3.63, 3.8) is 0 Å². The molecule has 0 radical (unpaired) electrons. The Labute approximate surface area is 252 Å². The van der Waals surface area contributed by atoms with Gasteiger partial charge in [-0.05, 0) is 98.4 Å². The molecule has 5 rings (SSSR count). The van der Waals surface area contributed by atoms with Crippen LogP contribution in [-0.2, 0) is 30.7 Å². The zero-order chi connectivity index (χ0) is 31.8. The quantitative estimate of drug-likeness (QED) is 0.205. The highest BCUT2D eigenvalue weighted by molar-refractivity contribution is 5.64. The van der Waals surface area contributed by atoms with Gasteiger partial charge in [0.25, 0.3) is 5.95 Å². The van der Waals surface area contributed by atoms with Crippen molar-refractivity contribution in [3.05, 3.63) is 63.7 Å². The lowest BCUT2D eigenvalue weighted by Gasteiger charge is -2.35. The minimum absolute atomic E-state index is 0.109. The minimum atomic E-state index is -4.96. The first kappa shape index (κ1) is 31.8. The number of aryl methyl sites for hydroxylation is 3. The van der Waals surface area contributed by atoms with Crippen LogP contribution in [0.1, 0.15) is 77.9 Å². The van der Waals surface area contributed by atoms with Gasteiger partial charge in [0.15, 0.2) is 0 Å². The molecule has 238 valence electrons. The van der Waals surface area contributed by atoms with E-state index in [0.29, 0.717) is 12.3 Å². The van der Waals surface area contributed by atoms with E-state index >= 15 is 0 Å². The fourth-order valence-electron chi connectivity index (χ4n) is 6.76. The van der Waals surface area contributed by atoms with Crippen molar-refractivity contribution < 1.29 is 31.1 Å². The Morgan fingerprint density at radius 1 is 0.932 bits per heavy atom. The van der Waals surface area contributed by atoms with Gasteiger partial charge in [0.2, 0.25) is 0 Å². The Kier molecular flexibility index (Phi) is 8.95. The third-order valence-electron chi connectivity index (χ3n) is 8.75. The summed E-state index contributed by atoms with van der Waals surface area (Å²) >= 11 is 0. The number of nitrogens with zero attached hydrogens (tertiary/aromatic N) is 6. The van der Waals surface area contributed by atoms with E-state index in [1.54, 1.807) is 11.9 Å². The average molecular weight is 623 g/mol. The van der Waals surface area contributed by atoms with E-state index in [1.165, 1.54) is 4.80 Å². The fourth-order valence-corrected chi connectivity index (χ4v) is 6.76. The van der Waals surface area contributed by atoms with E-state index in [0.717, 1.165) is 86.0 Å². The second-order valence-corrected chi connectivity index (χ2v) is 12.2. The molecule has 1 atom stereocenters. The lowest BCUT2D eigenvalue weighted by molar-refractivity contribution is -0.143. The van der Waals surface area contributed by atoms with Gasteiger partial charge in [0.1, 0.15) is 6.29 Å². The number of carbonyl (C=O) groups excluding carboxylic acids is 1. The molecule has 44 heavy (non-hydrogen) atoms. The number of tetrazole rings is 1. The van der Waals surface area contributed by atoms with Gasteiger partial charge in [0.05, 0.1) is 24.2 Å². The van der Waals surface area contributed by atoms with E-state index in [4.69, 9.17) is 0 Å². The Bertz CT molecular complexity index is 1450. The van der Waals surface area contributed by atoms with Gasteiger partial charge >= 0.3 is 12.4 Å². The van der Waals surface area contributed by atoms with Crippen LogP contribution in [0.15, 0.2) is 30.3 Å². The Morgan fingerprint density at radius 2 is 1.59 bits per heavy atom. The maximum Gasteiger partial charge on any atom is 0.416 e. The van der Waals surface area contributed by atoms with Crippen molar-refractivity contribution in [1.82, 2.24) is 20.2 Å². The normalized spacial score (nSPS) is 21.1. The lowest BCUT2D eigenvalue weighted by Crippen LogP contribution is -2.33. The van der Waals surface area contributed by atoms with Gasteiger partial charge in [-0.25, -0.2) is 0 Å². The molecule has 3 aromatic rings. The highest BCUT2D eigenvalue weighted by Gasteiger charge is 2.38. The van der Waals surface area contributed by atoms with Crippen LogP contribution in [0.3, 0.4) is 0 Å². The van der Waals surface area contributed by atoms with Gasteiger partial charge in [0, 0.05) is 31.2 Å². The molecule has 0 unspecified atom stereocenters. The van der Waals surface area contributed by atoms with Crippen LogP contribution in [0.4, 0.5) is 38.0 Å². The predicted octanol–water partition coefficient (Wildman–Crippen LogP) is 7.22. The van der Waals surface area contributed by atoms with Gasteiger partial charge < -0.3 is 14.6 Å². The van der Waals surface area contributed by atoms with Crippen molar-refractivity contribution in [2.24, 2.45) is 18.9 Å². The van der Waals surface area contributed by atoms with Gasteiger partial charge in [-0.3, -0.25) is 0 Å². The summed E-state index contributed by atoms with van der Waals surface area (Å²) in [5.74, 6) is 0.646. The summed E-state index contributed by atoms with van der Waals surface area (Å²) in [6.07, 6.45) is -3.91. The van der Waals surface area contributed by atoms with Crippen LogP contribution in [0.25, 0.3) is 0 Å². The Morgan fingerprint density at radius 3 is 2.16 bits per heavy atom. The molecule has 0 amide bonds. The molecule has 1 aliphatic carbocycles. The van der Waals surface area contributed by atoms with Gasteiger partial charge in [-0.1, -0.05) is 22.8 Å². The third kappa shape index (κ3) is 7.02. The first-order valence-electron chi connectivity index (χ1n) is 14.8. The van der Waals surface area contributed by atoms with Crippen molar-refractivity contribution in [1.29, 1.82) is 0 Å². The summed E-state index contributed by atoms with van der Waals surface area (Å²) in [6, 6.07) is 5.37. The zero-order valence-corrected chi connectivity index (χ0v) is 24.9. The molecule has 2 aliphatic rings. The van der Waals surface area contributed by atoms with Crippen molar-refractivity contribution in [3.8, 4) is 0 Å². The fraction of sp³-hybridized carbons (Fsp3) is 0.548. The lowest BCUT2D eigenvalue weighted by atomic mass is 9.82. The number of alkyl halides is 6. The molecule has 1 aliphatic heterocycles. The summed E-state index contributed by atoms with van der Waals surface area (Å²) in [5.41, 5.74) is 1.10. The molecule has 1 saturated carbocycles. The molecule has 7 nitrogen and oxygen atoms in total. The summed E-state index contributed by atoms with van der Waals surface area (Å²) in [6.45, 7) is 5.25. The molecule has 0 saturated heterocycles. The first-order valence-corrected chi connectivity index (χ1v) is 14.8. The summed E-state index contributed by atoms with van der Waals surface area (Å²) in [4.78, 5) is 16.5. The number of aldehydes is 1. The zero-order valence-electron chi connectivity index (χ0n) is 24.9. The number of anilines is 2. The molecule has 0 spiro atoms. The van der Waals surface area contributed by atoms with E-state index in [-0.39, 0.29) is 30.0 Å². The van der Waals surface area contributed by atoms with Gasteiger partial charge in [-0.15, -0.1) is 5.10 Å². The molecule has 2 heterocycles. The van der Waals surface area contributed by atoms with E-state index in [9.17, 15) is 31.1 Å². The molecule has 1 aromatic heterocycles. The van der Waals surface area contributed by atoms with Crippen LogP contribution >= 0.6 is 0 Å². The highest BCUT2D eigenvalue weighted by atomic mass is 19.4. The second kappa shape index (κ2) is 12.4. The summed E-state index contributed by atoms with van der Waals surface area (Å²) in [5, 5.41) is 12.4. The largest absolute Gasteiger partial charge is 0.416 e. The van der Waals surface area contributed by atoms with Crippen LogP contribution in [0.2, 0.25) is 0 Å². The molecular weight excluding hydrogens is 586 g/mol. The summed E-state index contributed by atoms with van der Waals surface area (Å²) in [7, 11) is 1.55. The maximum absolute atomic E-state index is 13.7. The van der Waals surface area contributed by atoms with Crippen LogP contribution in [0, 0.1) is 25.7 Å². The van der Waals surface area contributed by atoms with E-state index in [2.05, 4.69) is 26.4 Å². The monoisotopic (exact) mass is 622 g/mol. The number of aromatic nitrogens is 4. The van der Waals surface area contributed by atoms with E-state index in [1.807, 2.05) is 19.9 Å². The standard InChI is InChI=1S/C31H36F6N6O/c1-19-11-20(2)28-26(12-19)27(5-4-10-42(28)16-21-6-8-22(18-44)9-7-21)43(29-38-40-41(3)39-29)17-23-13-24(30(32,33)34)15-25(14-23)31(35,36)37/h11-15,18,21-22,27H,4-10,16-17H2,1-3H3/t21?,22?,27-/m0/s1. The van der Waals surface area contributed by atoms with Crippen molar-refractivity contribution in [2.75, 3.05) is 22.9 Å². The third-order valence-corrected chi connectivity index (χ3v) is 8.75. The first-order chi connectivity index (χ1) is 20.7. The molecule has 2 aromatic carbocycles. The van der Waals surface area contributed by atoms with Crippen molar-refractivity contribution >= 4 is 17.9 Å². The van der Waals surface area contributed by atoms with Crippen LogP contribution in [-0.4, -0.2) is 39.6 Å². The predicted molar refractivity (Wildman–Crippen MR) is 153 cm³/mol. The van der Waals surface area contributed by atoms with Crippen molar-refractivity contribution in [2.45, 2.75) is 77.3 Å². The number of rotatable bonds is 7. The Hall–Kier alpha value is -3.64. The smallest absolute Gasteiger partial charge is 0.371 e. The maximum atomic E-state index is 13.7. The van der Waals surface area contributed by atoms with Crippen LogP contribution in [0.5, 0.6) is 0 Å². The molecule has 0 bridgehead atoms. The SMILES string of the molecule is Cc1cc(C)c2c(c1)[C@@H](N(Cc1cc(C(F)(F)F)cc(C(F)(F)F)c1)c1nnn(C)n1)CCCN2CC1CCC(C=O)CC1. The summed E-state index contributed by atoms with van der Waals surface area (Å²) < 4.78 is 82.4. The number of hydrogen-bond acceptors (Lipinski definition) is 6. The van der Waals surface area contributed by atoms with Gasteiger partial charge in [-0.2, -0.15) is 31.1 Å². The number of fused-ring (bicyclic) bond motifs is 1. The highest BCUT2D eigenvalue weighted by Crippen LogP contribution is 2.43. The second-order valence-electron chi connectivity index (χ2n) is 12.2. The molecule has 1 fully saturated rings. The number of benzene rings is 2.